The summed E-state index contributed by atoms with van der Waals surface area (Å²) in [6.07, 6.45) is 9.27. The van der Waals surface area contributed by atoms with E-state index in [2.05, 4.69) is 42.3 Å². The third kappa shape index (κ3) is 3.42. The van der Waals surface area contributed by atoms with Crippen LogP contribution in [0.1, 0.15) is 56.6 Å². The highest BCUT2D eigenvalue weighted by molar-refractivity contribution is 5.57. The van der Waals surface area contributed by atoms with Crippen molar-refractivity contribution in [2.24, 2.45) is 0 Å². The van der Waals surface area contributed by atoms with E-state index in [1.165, 1.54) is 69.3 Å². The summed E-state index contributed by atoms with van der Waals surface area (Å²) in [5.41, 5.74) is 4.50. The molecule has 1 aliphatic heterocycles. The van der Waals surface area contributed by atoms with Gasteiger partial charge in [-0.25, -0.2) is 0 Å². The Bertz CT molecular complexity index is 469. The quantitative estimate of drug-likeness (QED) is 0.898. The summed E-state index contributed by atoms with van der Waals surface area (Å²) in [7, 11) is 0. The Morgan fingerprint density at radius 3 is 3.00 bits per heavy atom. The van der Waals surface area contributed by atoms with Crippen LogP contribution >= 0.6 is 0 Å². The van der Waals surface area contributed by atoms with Crippen molar-refractivity contribution in [2.45, 2.75) is 70.9 Å². The molecule has 0 spiro atoms. The number of fused-ring (bicyclic) bond motifs is 1. The molecule has 2 heteroatoms. The first kappa shape index (κ1) is 14.9. The second kappa shape index (κ2) is 6.83. The first-order chi connectivity index (χ1) is 10.3. The van der Waals surface area contributed by atoms with Gasteiger partial charge in [0.25, 0.3) is 0 Å². The second-order valence-electron chi connectivity index (χ2n) is 6.90. The van der Waals surface area contributed by atoms with Crippen molar-refractivity contribution in [1.29, 1.82) is 0 Å². The smallest absolute Gasteiger partial charge is 0.0401 e. The highest BCUT2D eigenvalue weighted by Crippen LogP contribution is 2.34. The predicted octanol–water partition coefficient (Wildman–Crippen LogP) is 4.06. The number of hydrogen-bond donors (Lipinski definition) is 1. The van der Waals surface area contributed by atoms with E-state index in [0.29, 0.717) is 0 Å². The highest BCUT2D eigenvalue weighted by Gasteiger charge is 2.29. The Morgan fingerprint density at radius 1 is 1.24 bits per heavy atom. The molecule has 0 amide bonds. The molecule has 0 saturated heterocycles. The van der Waals surface area contributed by atoms with E-state index in [-0.39, 0.29) is 0 Å². The van der Waals surface area contributed by atoms with Gasteiger partial charge in [0.15, 0.2) is 0 Å². The number of benzene rings is 1. The van der Waals surface area contributed by atoms with Crippen LogP contribution in [-0.4, -0.2) is 25.2 Å². The third-order valence-corrected chi connectivity index (χ3v) is 5.16. The van der Waals surface area contributed by atoms with Crippen molar-refractivity contribution in [1.82, 2.24) is 5.32 Å². The minimum Gasteiger partial charge on any atom is -0.368 e. The Balaban J connectivity index is 1.72. The Kier molecular flexibility index (Phi) is 4.84. The van der Waals surface area contributed by atoms with Crippen molar-refractivity contribution >= 4 is 5.69 Å². The van der Waals surface area contributed by atoms with Gasteiger partial charge in [-0.1, -0.05) is 24.6 Å². The topological polar surface area (TPSA) is 15.3 Å². The van der Waals surface area contributed by atoms with Crippen LogP contribution in [-0.2, 0) is 6.42 Å². The summed E-state index contributed by atoms with van der Waals surface area (Å²) in [4.78, 5) is 2.72. The molecule has 1 aliphatic carbocycles. The SMILES string of the molecule is CCCNC1CCCC(N2CCCc3cc(C)ccc32)C1. The molecule has 0 bridgehead atoms. The zero-order valence-electron chi connectivity index (χ0n) is 13.7. The number of nitrogens with zero attached hydrogens (tertiary/aromatic N) is 1. The van der Waals surface area contributed by atoms with Crippen LogP contribution in [0.3, 0.4) is 0 Å². The van der Waals surface area contributed by atoms with Crippen LogP contribution in [0.5, 0.6) is 0 Å². The molecule has 2 unspecified atom stereocenters. The Labute approximate surface area is 129 Å². The van der Waals surface area contributed by atoms with Gasteiger partial charge in [0, 0.05) is 24.3 Å². The number of anilines is 1. The van der Waals surface area contributed by atoms with E-state index in [0.717, 1.165) is 12.1 Å². The van der Waals surface area contributed by atoms with Gasteiger partial charge in [0.1, 0.15) is 0 Å². The van der Waals surface area contributed by atoms with Gasteiger partial charge in [-0.3, -0.25) is 0 Å². The van der Waals surface area contributed by atoms with E-state index < -0.39 is 0 Å². The van der Waals surface area contributed by atoms with E-state index in [9.17, 15) is 0 Å². The van der Waals surface area contributed by atoms with E-state index in [1.54, 1.807) is 5.56 Å². The van der Waals surface area contributed by atoms with Crippen LogP contribution in [0.15, 0.2) is 18.2 Å². The average Bonchev–Trinajstić information content (AvgIpc) is 2.52. The lowest BCUT2D eigenvalue weighted by molar-refractivity contribution is 0.324. The van der Waals surface area contributed by atoms with E-state index >= 15 is 0 Å². The molecule has 3 rings (SSSR count). The van der Waals surface area contributed by atoms with Crippen molar-refractivity contribution in [3.63, 3.8) is 0 Å². The average molecular weight is 286 g/mol. The van der Waals surface area contributed by atoms with Gasteiger partial charge in [-0.05, 0) is 70.0 Å². The monoisotopic (exact) mass is 286 g/mol. The normalized spacial score (nSPS) is 25.7. The summed E-state index contributed by atoms with van der Waals surface area (Å²) in [6, 6.07) is 8.53. The van der Waals surface area contributed by atoms with Crippen LogP contribution in [0.4, 0.5) is 5.69 Å². The van der Waals surface area contributed by atoms with Gasteiger partial charge < -0.3 is 10.2 Å². The molecule has 0 aromatic heterocycles. The highest BCUT2D eigenvalue weighted by atomic mass is 15.2. The van der Waals surface area contributed by atoms with E-state index in [4.69, 9.17) is 0 Å². The molecule has 0 radical (unpaired) electrons. The number of hydrogen-bond acceptors (Lipinski definition) is 2. The lowest BCUT2D eigenvalue weighted by Crippen LogP contribution is -2.46. The molecule has 1 fully saturated rings. The fourth-order valence-corrected chi connectivity index (χ4v) is 4.12. The molecule has 1 saturated carbocycles. The molecule has 116 valence electrons. The summed E-state index contributed by atoms with van der Waals surface area (Å²) in [6.45, 7) is 6.90. The number of nitrogens with one attached hydrogen (secondary N) is 1. The molecule has 2 aliphatic rings. The molecular formula is C19H30N2. The molecular weight excluding hydrogens is 256 g/mol. The fraction of sp³-hybridized carbons (Fsp3) is 0.684. The molecule has 2 atom stereocenters. The summed E-state index contributed by atoms with van der Waals surface area (Å²) >= 11 is 0. The Morgan fingerprint density at radius 2 is 2.14 bits per heavy atom. The van der Waals surface area contributed by atoms with E-state index in [1.807, 2.05) is 0 Å². The van der Waals surface area contributed by atoms with Gasteiger partial charge in [0.2, 0.25) is 0 Å². The van der Waals surface area contributed by atoms with Crippen LogP contribution in [0, 0.1) is 6.92 Å². The van der Waals surface area contributed by atoms with Crippen molar-refractivity contribution < 1.29 is 0 Å². The zero-order chi connectivity index (χ0) is 14.7. The first-order valence-corrected chi connectivity index (χ1v) is 8.87. The predicted molar refractivity (Wildman–Crippen MR) is 91.2 cm³/mol. The molecule has 1 aromatic rings. The number of rotatable bonds is 4. The van der Waals surface area contributed by atoms with Crippen molar-refractivity contribution in [3.8, 4) is 0 Å². The maximum absolute atomic E-state index is 3.75. The van der Waals surface area contributed by atoms with Crippen molar-refractivity contribution in [2.75, 3.05) is 18.0 Å². The summed E-state index contributed by atoms with van der Waals surface area (Å²) < 4.78 is 0. The van der Waals surface area contributed by atoms with Crippen molar-refractivity contribution in [3.05, 3.63) is 29.3 Å². The van der Waals surface area contributed by atoms with Crippen LogP contribution in [0.2, 0.25) is 0 Å². The standard InChI is InChI=1S/C19H30N2/c1-3-11-20-17-7-4-8-18(14-17)21-12-5-6-16-13-15(2)9-10-19(16)21/h9-10,13,17-18,20H,3-8,11-12,14H2,1-2H3. The maximum atomic E-state index is 3.75. The molecule has 1 heterocycles. The van der Waals surface area contributed by atoms with Gasteiger partial charge in [-0.2, -0.15) is 0 Å². The molecule has 2 nitrogen and oxygen atoms in total. The number of aryl methyl sites for hydroxylation is 2. The second-order valence-corrected chi connectivity index (χ2v) is 6.90. The molecule has 21 heavy (non-hydrogen) atoms. The fourth-order valence-electron chi connectivity index (χ4n) is 4.12. The minimum absolute atomic E-state index is 0.736. The summed E-state index contributed by atoms with van der Waals surface area (Å²) in [5.74, 6) is 0. The molecule has 1 aromatic carbocycles. The van der Waals surface area contributed by atoms with Crippen LogP contribution in [0.25, 0.3) is 0 Å². The van der Waals surface area contributed by atoms with Gasteiger partial charge in [0.05, 0.1) is 0 Å². The summed E-state index contributed by atoms with van der Waals surface area (Å²) in [5, 5.41) is 3.75. The Hall–Kier alpha value is -1.02. The first-order valence-electron chi connectivity index (χ1n) is 8.87. The maximum Gasteiger partial charge on any atom is 0.0401 e. The van der Waals surface area contributed by atoms with Gasteiger partial charge in [-0.15, -0.1) is 0 Å². The largest absolute Gasteiger partial charge is 0.368 e. The lowest BCUT2D eigenvalue weighted by Gasteiger charge is -2.42. The van der Waals surface area contributed by atoms with Crippen LogP contribution < -0.4 is 10.2 Å². The lowest BCUT2D eigenvalue weighted by atomic mass is 9.87. The molecule has 1 N–H and O–H groups in total. The third-order valence-electron chi connectivity index (χ3n) is 5.16. The van der Waals surface area contributed by atoms with Gasteiger partial charge >= 0.3 is 0 Å². The zero-order valence-corrected chi connectivity index (χ0v) is 13.7. The minimum atomic E-state index is 0.736.